The monoisotopic (exact) mass is 269 g/mol. The van der Waals surface area contributed by atoms with Crippen molar-refractivity contribution < 1.29 is 4.79 Å². The fourth-order valence-corrected chi connectivity index (χ4v) is 2.01. The third-order valence-electron chi connectivity index (χ3n) is 3.35. The zero-order valence-corrected chi connectivity index (χ0v) is 11.7. The highest BCUT2D eigenvalue weighted by Crippen LogP contribution is 2.17. The molecular weight excluding hydrogens is 250 g/mol. The van der Waals surface area contributed by atoms with Gasteiger partial charge in [0.15, 0.2) is 0 Å². The number of carbonyl (C=O) groups is 1. The Balaban J connectivity index is 2.00. The van der Waals surface area contributed by atoms with Crippen molar-refractivity contribution in [1.82, 2.24) is 0 Å². The highest BCUT2D eigenvalue weighted by molar-refractivity contribution is 5.87. The highest BCUT2D eigenvalue weighted by Gasteiger charge is 2.01. The van der Waals surface area contributed by atoms with Crippen molar-refractivity contribution in [3.8, 4) is 0 Å². The first kappa shape index (κ1) is 13.9. The number of hydrogen-bond acceptors (Lipinski definition) is 2. The number of amides is 2. The zero-order chi connectivity index (χ0) is 14.5. The molecule has 4 heteroatoms. The molecule has 0 unspecified atom stereocenters. The van der Waals surface area contributed by atoms with Gasteiger partial charge in [-0.15, -0.1) is 0 Å². The summed E-state index contributed by atoms with van der Waals surface area (Å²) in [6, 6.07) is 13.2. The second-order valence-electron chi connectivity index (χ2n) is 4.78. The fourth-order valence-electron chi connectivity index (χ4n) is 2.01. The predicted octanol–water partition coefficient (Wildman–Crippen LogP) is 3.41. The number of urea groups is 1. The van der Waals surface area contributed by atoms with Crippen LogP contribution >= 0.6 is 0 Å². The number of anilines is 2. The van der Waals surface area contributed by atoms with Gasteiger partial charge in [-0.05, 0) is 54.8 Å². The van der Waals surface area contributed by atoms with E-state index in [1.54, 1.807) is 0 Å². The summed E-state index contributed by atoms with van der Waals surface area (Å²) in [4.78, 5) is 10.7. The van der Waals surface area contributed by atoms with Crippen LogP contribution in [0.1, 0.15) is 16.7 Å². The minimum absolute atomic E-state index is 0.555. The second kappa shape index (κ2) is 6.10. The lowest BCUT2D eigenvalue weighted by atomic mass is 10.0. The van der Waals surface area contributed by atoms with Gasteiger partial charge in [0.2, 0.25) is 0 Å². The van der Waals surface area contributed by atoms with Crippen LogP contribution in [0.5, 0.6) is 0 Å². The molecule has 0 aliphatic heterocycles. The quantitative estimate of drug-likeness (QED) is 0.796. The van der Waals surface area contributed by atoms with Gasteiger partial charge >= 0.3 is 6.03 Å². The van der Waals surface area contributed by atoms with Gasteiger partial charge < -0.3 is 16.4 Å². The van der Waals surface area contributed by atoms with Crippen LogP contribution in [0.3, 0.4) is 0 Å². The molecule has 20 heavy (non-hydrogen) atoms. The average Bonchev–Trinajstić information content (AvgIpc) is 2.41. The number of nitrogens with one attached hydrogen (secondary N) is 2. The van der Waals surface area contributed by atoms with E-state index in [2.05, 4.69) is 42.7 Å². The molecule has 0 saturated heterocycles. The number of carbonyl (C=O) groups excluding carboxylic acids is 1. The van der Waals surface area contributed by atoms with Crippen LogP contribution in [0.2, 0.25) is 0 Å². The van der Waals surface area contributed by atoms with Crippen molar-refractivity contribution in [3.63, 3.8) is 0 Å². The SMILES string of the molecule is Cc1cccc(CNc2ccc(NC(N)=O)cc2)c1C. The zero-order valence-electron chi connectivity index (χ0n) is 11.7. The summed E-state index contributed by atoms with van der Waals surface area (Å²) in [6.07, 6.45) is 0. The number of benzene rings is 2. The Morgan fingerprint density at radius 1 is 1.05 bits per heavy atom. The number of primary amides is 1. The van der Waals surface area contributed by atoms with Crippen molar-refractivity contribution in [2.75, 3.05) is 10.6 Å². The van der Waals surface area contributed by atoms with Crippen LogP contribution in [0.25, 0.3) is 0 Å². The molecule has 4 nitrogen and oxygen atoms in total. The third kappa shape index (κ3) is 3.51. The smallest absolute Gasteiger partial charge is 0.316 e. The predicted molar refractivity (Wildman–Crippen MR) is 82.9 cm³/mol. The van der Waals surface area contributed by atoms with Gasteiger partial charge in [-0.25, -0.2) is 4.79 Å². The fraction of sp³-hybridized carbons (Fsp3) is 0.188. The topological polar surface area (TPSA) is 67.2 Å². The molecule has 4 N–H and O–H groups in total. The van der Waals surface area contributed by atoms with E-state index in [1.807, 2.05) is 24.3 Å². The average molecular weight is 269 g/mol. The van der Waals surface area contributed by atoms with E-state index in [9.17, 15) is 4.79 Å². The molecule has 2 amide bonds. The minimum atomic E-state index is -0.555. The molecule has 2 aromatic carbocycles. The van der Waals surface area contributed by atoms with E-state index in [0.29, 0.717) is 5.69 Å². The summed E-state index contributed by atoms with van der Waals surface area (Å²) in [5.74, 6) is 0. The first-order valence-corrected chi connectivity index (χ1v) is 6.52. The van der Waals surface area contributed by atoms with E-state index < -0.39 is 6.03 Å². The van der Waals surface area contributed by atoms with Crippen molar-refractivity contribution in [2.24, 2.45) is 5.73 Å². The summed E-state index contributed by atoms with van der Waals surface area (Å²) in [7, 11) is 0. The molecule has 0 atom stereocenters. The van der Waals surface area contributed by atoms with Gasteiger partial charge in [0.05, 0.1) is 0 Å². The summed E-state index contributed by atoms with van der Waals surface area (Å²) in [6.45, 7) is 5.02. The maximum atomic E-state index is 10.7. The number of nitrogens with two attached hydrogens (primary N) is 1. The van der Waals surface area contributed by atoms with Gasteiger partial charge in [-0.3, -0.25) is 0 Å². The van der Waals surface area contributed by atoms with Crippen molar-refractivity contribution in [1.29, 1.82) is 0 Å². The van der Waals surface area contributed by atoms with Gasteiger partial charge in [0.25, 0.3) is 0 Å². The molecule has 0 bridgehead atoms. The Kier molecular flexibility index (Phi) is 4.25. The van der Waals surface area contributed by atoms with Crippen LogP contribution in [0.15, 0.2) is 42.5 Å². The Morgan fingerprint density at radius 3 is 2.35 bits per heavy atom. The molecule has 0 aromatic heterocycles. The van der Waals surface area contributed by atoms with Crippen molar-refractivity contribution >= 4 is 17.4 Å². The summed E-state index contributed by atoms with van der Waals surface area (Å²) in [5, 5.41) is 5.90. The molecule has 2 rings (SSSR count). The maximum absolute atomic E-state index is 10.7. The van der Waals surface area contributed by atoms with E-state index in [0.717, 1.165) is 12.2 Å². The molecule has 0 radical (unpaired) electrons. The molecular formula is C16H19N3O. The van der Waals surface area contributed by atoms with Gasteiger partial charge in [0.1, 0.15) is 0 Å². The molecule has 104 valence electrons. The van der Waals surface area contributed by atoms with Crippen molar-refractivity contribution in [2.45, 2.75) is 20.4 Å². The first-order valence-electron chi connectivity index (χ1n) is 6.52. The molecule has 0 heterocycles. The lowest BCUT2D eigenvalue weighted by Gasteiger charge is -2.11. The molecule has 0 aliphatic carbocycles. The first-order chi connectivity index (χ1) is 9.56. The normalized spacial score (nSPS) is 10.1. The molecule has 2 aromatic rings. The number of rotatable bonds is 4. The standard InChI is InChI=1S/C16H19N3O/c1-11-4-3-5-13(12(11)2)10-18-14-6-8-15(9-7-14)19-16(17)20/h3-9,18H,10H2,1-2H3,(H3,17,19,20). The van der Waals surface area contributed by atoms with Crippen LogP contribution < -0.4 is 16.4 Å². The second-order valence-corrected chi connectivity index (χ2v) is 4.78. The molecule has 0 fully saturated rings. The van der Waals surface area contributed by atoms with E-state index in [-0.39, 0.29) is 0 Å². The van der Waals surface area contributed by atoms with Gasteiger partial charge in [-0.2, -0.15) is 0 Å². The lowest BCUT2D eigenvalue weighted by molar-refractivity contribution is 0.259. The number of hydrogen-bond donors (Lipinski definition) is 3. The Labute approximate surface area is 119 Å². The van der Waals surface area contributed by atoms with E-state index >= 15 is 0 Å². The molecule has 0 saturated carbocycles. The summed E-state index contributed by atoms with van der Waals surface area (Å²) in [5.41, 5.74) is 10.6. The molecule has 0 spiro atoms. The maximum Gasteiger partial charge on any atom is 0.316 e. The largest absolute Gasteiger partial charge is 0.381 e. The Morgan fingerprint density at radius 2 is 1.70 bits per heavy atom. The van der Waals surface area contributed by atoms with E-state index in [4.69, 9.17) is 5.73 Å². The van der Waals surface area contributed by atoms with Crippen LogP contribution in [0.4, 0.5) is 16.2 Å². The minimum Gasteiger partial charge on any atom is -0.381 e. The Bertz CT molecular complexity index is 606. The van der Waals surface area contributed by atoms with Crippen LogP contribution in [-0.2, 0) is 6.54 Å². The van der Waals surface area contributed by atoms with Gasteiger partial charge in [-0.1, -0.05) is 18.2 Å². The summed E-state index contributed by atoms with van der Waals surface area (Å²) < 4.78 is 0. The van der Waals surface area contributed by atoms with Gasteiger partial charge in [0, 0.05) is 17.9 Å². The lowest BCUT2D eigenvalue weighted by Crippen LogP contribution is -2.19. The third-order valence-corrected chi connectivity index (χ3v) is 3.35. The molecule has 0 aliphatic rings. The number of aryl methyl sites for hydroxylation is 1. The van der Waals surface area contributed by atoms with Crippen molar-refractivity contribution in [3.05, 3.63) is 59.2 Å². The van der Waals surface area contributed by atoms with Crippen LogP contribution in [-0.4, -0.2) is 6.03 Å². The highest BCUT2D eigenvalue weighted by atomic mass is 16.2. The van der Waals surface area contributed by atoms with Crippen LogP contribution in [0, 0.1) is 13.8 Å². The Hall–Kier alpha value is -2.49. The van der Waals surface area contributed by atoms with E-state index in [1.165, 1.54) is 16.7 Å². The summed E-state index contributed by atoms with van der Waals surface area (Å²) >= 11 is 0.